The summed E-state index contributed by atoms with van der Waals surface area (Å²) in [5.74, 6) is 0.500. The van der Waals surface area contributed by atoms with E-state index in [1.807, 2.05) is 24.6 Å². The van der Waals surface area contributed by atoms with Gasteiger partial charge in [-0.05, 0) is 43.4 Å². The molecule has 0 saturated carbocycles. The molecule has 1 fully saturated rings. The normalized spacial score (nSPS) is 17.6. The molecule has 0 spiro atoms. The molecule has 0 bridgehead atoms. The molecular formula is C27H29FN6O2. The number of imidazole rings is 1. The Labute approximate surface area is 209 Å². The van der Waals surface area contributed by atoms with Gasteiger partial charge in [0.1, 0.15) is 23.4 Å². The van der Waals surface area contributed by atoms with Crippen LogP contribution in [0.5, 0.6) is 0 Å². The van der Waals surface area contributed by atoms with Crippen LogP contribution >= 0.6 is 0 Å². The van der Waals surface area contributed by atoms with Crippen LogP contribution in [0.2, 0.25) is 0 Å². The minimum atomic E-state index is -0.291. The number of fused-ring (bicyclic) bond motifs is 2. The van der Waals surface area contributed by atoms with E-state index < -0.39 is 0 Å². The van der Waals surface area contributed by atoms with Gasteiger partial charge in [0.2, 0.25) is 0 Å². The smallest absolute Gasteiger partial charge is 0.140 e. The number of rotatable bonds is 6. The van der Waals surface area contributed by atoms with Gasteiger partial charge in [0.05, 0.1) is 37.4 Å². The van der Waals surface area contributed by atoms with E-state index in [1.165, 1.54) is 23.3 Å². The summed E-state index contributed by atoms with van der Waals surface area (Å²) in [7, 11) is 4.07. The summed E-state index contributed by atoms with van der Waals surface area (Å²) in [6.07, 6.45) is 3.44. The molecule has 1 atom stereocenters. The van der Waals surface area contributed by atoms with Gasteiger partial charge in [-0.25, -0.2) is 14.4 Å². The molecule has 1 aromatic carbocycles. The molecule has 5 heterocycles. The average Bonchev–Trinajstić information content (AvgIpc) is 3.52. The molecule has 8 nitrogen and oxygen atoms in total. The summed E-state index contributed by atoms with van der Waals surface area (Å²) < 4.78 is 27.2. The van der Waals surface area contributed by atoms with Gasteiger partial charge < -0.3 is 25.0 Å². The molecule has 0 amide bonds. The number of nitrogens with one attached hydrogen (secondary N) is 2. The number of anilines is 2. The van der Waals surface area contributed by atoms with E-state index in [0.29, 0.717) is 32.0 Å². The lowest BCUT2D eigenvalue weighted by Crippen LogP contribution is -2.24. The number of benzene rings is 1. The SMILES string of the molecule is CN(C)Cc1nc(Nc2ccc(-c3cnc4cc(F)ccn34)c3c2CNC3)ccc1[C@H]1COCCO1. The molecule has 0 unspecified atom stereocenters. The number of hydrogen-bond donors (Lipinski definition) is 2. The highest BCUT2D eigenvalue weighted by molar-refractivity contribution is 5.75. The first-order valence-corrected chi connectivity index (χ1v) is 12.2. The molecule has 1 saturated heterocycles. The second-order valence-corrected chi connectivity index (χ2v) is 9.47. The van der Waals surface area contributed by atoms with Crippen molar-refractivity contribution in [3.05, 3.63) is 77.0 Å². The first-order valence-electron chi connectivity index (χ1n) is 12.2. The Bertz CT molecular complexity index is 1410. The van der Waals surface area contributed by atoms with Crippen LogP contribution in [0.1, 0.15) is 28.5 Å². The molecule has 186 valence electrons. The summed E-state index contributed by atoms with van der Waals surface area (Å²) in [5, 5.41) is 7.03. The summed E-state index contributed by atoms with van der Waals surface area (Å²) in [6, 6.07) is 11.2. The van der Waals surface area contributed by atoms with Gasteiger partial charge in [0, 0.05) is 48.7 Å². The zero-order valence-corrected chi connectivity index (χ0v) is 20.4. The maximum absolute atomic E-state index is 13.7. The van der Waals surface area contributed by atoms with Gasteiger partial charge in [-0.15, -0.1) is 0 Å². The highest BCUT2D eigenvalue weighted by Crippen LogP contribution is 2.36. The fourth-order valence-electron chi connectivity index (χ4n) is 5.03. The summed E-state index contributed by atoms with van der Waals surface area (Å²) in [5.41, 5.74) is 8.11. The Hall–Kier alpha value is -3.37. The maximum Gasteiger partial charge on any atom is 0.140 e. The third-order valence-electron chi connectivity index (χ3n) is 6.69. The Kier molecular flexibility index (Phi) is 6.14. The van der Waals surface area contributed by atoms with Crippen LogP contribution in [-0.4, -0.2) is 53.2 Å². The highest BCUT2D eigenvalue weighted by Gasteiger charge is 2.23. The Morgan fingerprint density at radius 1 is 1.14 bits per heavy atom. The Morgan fingerprint density at radius 3 is 2.86 bits per heavy atom. The van der Waals surface area contributed by atoms with Gasteiger partial charge >= 0.3 is 0 Å². The highest BCUT2D eigenvalue weighted by atomic mass is 19.1. The molecule has 9 heteroatoms. The number of pyridine rings is 2. The Balaban J connectivity index is 1.33. The number of nitrogens with zero attached hydrogens (tertiary/aromatic N) is 4. The topological polar surface area (TPSA) is 76.0 Å². The summed E-state index contributed by atoms with van der Waals surface area (Å²) in [6.45, 7) is 3.99. The van der Waals surface area contributed by atoms with Crippen molar-refractivity contribution in [2.24, 2.45) is 0 Å². The molecule has 2 aliphatic heterocycles. The second kappa shape index (κ2) is 9.59. The summed E-state index contributed by atoms with van der Waals surface area (Å²) in [4.78, 5) is 11.5. The van der Waals surface area contributed by atoms with Crippen molar-refractivity contribution in [2.75, 3.05) is 39.2 Å². The molecule has 2 N–H and O–H groups in total. The molecular weight excluding hydrogens is 459 g/mol. The van der Waals surface area contributed by atoms with Gasteiger partial charge in [0.25, 0.3) is 0 Å². The predicted molar refractivity (Wildman–Crippen MR) is 136 cm³/mol. The first kappa shape index (κ1) is 23.1. The van der Waals surface area contributed by atoms with Crippen LogP contribution in [0.15, 0.2) is 48.8 Å². The second-order valence-electron chi connectivity index (χ2n) is 9.47. The van der Waals surface area contributed by atoms with E-state index >= 15 is 0 Å². The van der Waals surface area contributed by atoms with Crippen LogP contribution in [-0.2, 0) is 29.1 Å². The Morgan fingerprint density at radius 2 is 2.03 bits per heavy atom. The fraction of sp³-hybridized carbons (Fsp3) is 0.333. The lowest BCUT2D eigenvalue weighted by molar-refractivity contribution is -0.0907. The van der Waals surface area contributed by atoms with Crippen LogP contribution in [0, 0.1) is 5.82 Å². The lowest BCUT2D eigenvalue weighted by atomic mass is 9.99. The third kappa shape index (κ3) is 4.35. The number of halogens is 1. The van der Waals surface area contributed by atoms with E-state index in [2.05, 4.69) is 38.7 Å². The van der Waals surface area contributed by atoms with E-state index in [9.17, 15) is 4.39 Å². The van der Waals surface area contributed by atoms with Crippen molar-refractivity contribution in [1.29, 1.82) is 0 Å². The van der Waals surface area contributed by atoms with Crippen LogP contribution in [0.4, 0.5) is 15.9 Å². The first-order chi connectivity index (χ1) is 17.6. The van der Waals surface area contributed by atoms with E-state index in [4.69, 9.17) is 14.5 Å². The zero-order valence-electron chi connectivity index (χ0n) is 20.4. The zero-order chi connectivity index (χ0) is 24.6. The molecule has 0 radical (unpaired) electrons. The molecule has 3 aromatic heterocycles. The minimum Gasteiger partial charge on any atom is -0.376 e. The predicted octanol–water partition coefficient (Wildman–Crippen LogP) is 4.03. The van der Waals surface area contributed by atoms with Crippen molar-refractivity contribution in [1.82, 2.24) is 24.6 Å². The number of aromatic nitrogens is 3. The fourth-order valence-corrected chi connectivity index (χ4v) is 5.03. The van der Waals surface area contributed by atoms with Gasteiger partial charge in [-0.3, -0.25) is 4.40 Å². The number of hydrogen-bond acceptors (Lipinski definition) is 7. The third-order valence-corrected chi connectivity index (χ3v) is 6.69. The minimum absolute atomic E-state index is 0.0954. The van der Waals surface area contributed by atoms with E-state index in [0.717, 1.165) is 47.1 Å². The van der Waals surface area contributed by atoms with E-state index in [1.54, 1.807) is 12.4 Å². The standard InChI is InChI=1S/C27H29FN6O2/c1-33(2)15-23-19(25-16-35-9-10-36-25)4-6-26(32-23)31-22-5-3-18(20-12-29-13-21(20)22)24-14-30-27-11-17(28)7-8-34(24)27/h3-8,11,14,25,29H,9-10,12-13,15-16H2,1-2H3,(H,31,32)/t25-/m1/s1. The van der Waals surface area contributed by atoms with Gasteiger partial charge in [-0.2, -0.15) is 0 Å². The monoisotopic (exact) mass is 488 g/mol. The molecule has 6 rings (SSSR count). The van der Waals surface area contributed by atoms with Gasteiger partial charge in [-0.1, -0.05) is 12.1 Å². The maximum atomic E-state index is 13.7. The van der Waals surface area contributed by atoms with Crippen molar-refractivity contribution in [2.45, 2.75) is 25.7 Å². The van der Waals surface area contributed by atoms with Gasteiger partial charge in [0.15, 0.2) is 0 Å². The quantitative estimate of drug-likeness (QED) is 0.424. The largest absolute Gasteiger partial charge is 0.376 e. The molecule has 2 aliphatic rings. The summed E-state index contributed by atoms with van der Waals surface area (Å²) >= 11 is 0. The molecule has 4 aromatic rings. The molecule has 0 aliphatic carbocycles. The van der Waals surface area contributed by atoms with Crippen molar-refractivity contribution >= 4 is 17.2 Å². The van der Waals surface area contributed by atoms with Crippen LogP contribution in [0.3, 0.4) is 0 Å². The molecule has 36 heavy (non-hydrogen) atoms. The van der Waals surface area contributed by atoms with Crippen molar-refractivity contribution in [3.8, 4) is 11.3 Å². The van der Waals surface area contributed by atoms with E-state index in [-0.39, 0.29) is 11.9 Å². The van der Waals surface area contributed by atoms with Crippen LogP contribution < -0.4 is 10.6 Å². The van der Waals surface area contributed by atoms with Crippen LogP contribution in [0.25, 0.3) is 16.9 Å². The van der Waals surface area contributed by atoms with Crippen molar-refractivity contribution in [3.63, 3.8) is 0 Å². The average molecular weight is 489 g/mol. The number of ether oxygens (including phenoxy) is 2. The lowest BCUT2D eigenvalue weighted by Gasteiger charge is -2.26. The van der Waals surface area contributed by atoms with Crippen molar-refractivity contribution < 1.29 is 13.9 Å².